The topological polar surface area (TPSA) is 45.9 Å². The number of benzene rings is 1. The van der Waals surface area contributed by atoms with E-state index in [1.54, 1.807) is 7.11 Å². The van der Waals surface area contributed by atoms with Crippen LogP contribution in [0.3, 0.4) is 0 Å². The van der Waals surface area contributed by atoms with Crippen molar-refractivity contribution in [3.8, 4) is 0 Å². The molecule has 2 fully saturated rings. The van der Waals surface area contributed by atoms with Crippen LogP contribution in [0.5, 0.6) is 0 Å². The summed E-state index contributed by atoms with van der Waals surface area (Å²) in [5.41, 5.74) is 1.09. The Hall–Kier alpha value is -2.11. The molecule has 1 aromatic carbocycles. The van der Waals surface area contributed by atoms with Gasteiger partial charge >= 0.3 is 0 Å². The first-order valence-electron chi connectivity index (χ1n) is 10.2. The molecule has 3 heterocycles. The Bertz CT molecular complexity index is 793. The van der Waals surface area contributed by atoms with Crippen LogP contribution < -0.4 is 0 Å². The molecule has 0 aliphatic carbocycles. The molecule has 0 N–H and O–H groups in total. The number of likely N-dealkylation sites (tertiary alicyclic amines) is 2. The highest BCUT2D eigenvalue weighted by Gasteiger charge is 2.51. The maximum absolute atomic E-state index is 13.3. The Labute approximate surface area is 167 Å². The van der Waals surface area contributed by atoms with Crippen molar-refractivity contribution in [2.75, 3.05) is 33.4 Å². The molecule has 4 rings (SSSR count). The molecule has 0 unspecified atom stereocenters. The quantitative estimate of drug-likeness (QED) is 0.766. The van der Waals surface area contributed by atoms with E-state index in [9.17, 15) is 4.79 Å². The number of hydrogen-bond donors (Lipinski definition) is 0. The highest BCUT2D eigenvalue weighted by atomic mass is 16.5. The van der Waals surface area contributed by atoms with Crippen molar-refractivity contribution in [1.82, 2.24) is 9.80 Å². The fraction of sp³-hybridized carbons (Fsp3) is 0.522. The number of aryl methyl sites for hydroxylation is 1. The second kappa shape index (κ2) is 8.10. The van der Waals surface area contributed by atoms with Gasteiger partial charge in [-0.25, -0.2) is 0 Å². The van der Waals surface area contributed by atoms with Crippen molar-refractivity contribution < 1.29 is 13.9 Å². The van der Waals surface area contributed by atoms with E-state index in [-0.39, 0.29) is 17.4 Å². The number of nitrogens with zero attached hydrogens (tertiary/aromatic N) is 2. The highest BCUT2D eigenvalue weighted by Crippen LogP contribution is 2.45. The van der Waals surface area contributed by atoms with Crippen LogP contribution >= 0.6 is 0 Å². The average molecular weight is 383 g/mol. The molecule has 1 amide bonds. The molecule has 2 aromatic rings. The van der Waals surface area contributed by atoms with Crippen LogP contribution in [-0.4, -0.2) is 54.6 Å². The number of ether oxygens (including phenoxy) is 1. The summed E-state index contributed by atoms with van der Waals surface area (Å²) in [4.78, 5) is 17.9. The van der Waals surface area contributed by atoms with E-state index < -0.39 is 0 Å². The minimum Gasteiger partial charge on any atom is -0.465 e. The van der Waals surface area contributed by atoms with Crippen molar-refractivity contribution in [3.05, 3.63) is 59.5 Å². The fourth-order valence-corrected chi connectivity index (χ4v) is 4.87. The van der Waals surface area contributed by atoms with Gasteiger partial charge in [0.25, 0.3) is 0 Å². The third-order valence-corrected chi connectivity index (χ3v) is 6.40. The molecule has 1 aromatic heterocycles. The molecule has 0 saturated carbocycles. The highest BCUT2D eigenvalue weighted by molar-refractivity contribution is 5.87. The Morgan fingerprint density at radius 2 is 1.89 bits per heavy atom. The largest absolute Gasteiger partial charge is 0.465 e. The molecule has 2 saturated heterocycles. The van der Waals surface area contributed by atoms with Gasteiger partial charge in [-0.15, -0.1) is 0 Å². The number of methoxy groups -OCH3 is 1. The lowest BCUT2D eigenvalue weighted by Gasteiger charge is -2.44. The SMILES string of the molecule is COCCN1C(=O)[C@@H](c2ccccc2)CC12CCN(Cc1ccc(C)o1)CC2. The van der Waals surface area contributed by atoms with Crippen molar-refractivity contribution in [1.29, 1.82) is 0 Å². The Morgan fingerprint density at radius 1 is 1.14 bits per heavy atom. The lowest BCUT2D eigenvalue weighted by Crippen LogP contribution is -2.53. The fourth-order valence-electron chi connectivity index (χ4n) is 4.87. The van der Waals surface area contributed by atoms with Crippen LogP contribution in [-0.2, 0) is 16.1 Å². The van der Waals surface area contributed by atoms with Gasteiger partial charge in [0.15, 0.2) is 0 Å². The number of piperidine rings is 1. The monoisotopic (exact) mass is 382 g/mol. The van der Waals surface area contributed by atoms with Gasteiger partial charge in [-0.3, -0.25) is 9.69 Å². The van der Waals surface area contributed by atoms with Gasteiger partial charge in [-0.1, -0.05) is 30.3 Å². The molecule has 1 atom stereocenters. The van der Waals surface area contributed by atoms with E-state index in [1.165, 1.54) is 0 Å². The Kier molecular flexibility index (Phi) is 5.56. The van der Waals surface area contributed by atoms with Crippen LogP contribution in [0.25, 0.3) is 0 Å². The number of carbonyl (C=O) groups excluding carboxylic acids is 1. The van der Waals surface area contributed by atoms with Crippen LogP contribution in [0.2, 0.25) is 0 Å². The standard InChI is InChI=1S/C23H30N2O3/c1-18-8-9-20(28-18)17-24-12-10-23(11-13-24)16-21(19-6-4-3-5-7-19)22(26)25(23)14-15-27-2/h3-9,21H,10-17H2,1-2H3/t21-/m1/s1. The summed E-state index contributed by atoms with van der Waals surface area (Å²) in [6.07, 6.45) is 2.92. The third-order valence-electron chi connectivity index (χ3n) is 6.40. The minimum atomic E-state index is -0.0499. The summed E-state index contributed by atoms with van der Waals surface area (Å²) in [6, 6.07) is 14.3. The second-order valence-corrected chi connectivity index (χ2v) is 8.16. The van der Waals surface area contributed by atoms with E-state index in [0.29, 0.717) is 13.2 Å². The summed E-state index contributed by atoms with van der Waals surface area (Å²) in [6.45, 7) is 6.06. The zero-order valence-corrected chi connectivity index (χ0v) is 16.9. The lowest BCUT2D eigenvalue weighted by atomic mass is 9.81. The van der Waals surface area contributed by atoms with Crippen molar-refractivity contribution >= 4 is 5.91 Å². The predicted octanol–water partition coefficient (Wildman–Crippen LogP) is 3.59. The summed E-state index contributed by atoms with van der Waals surface area (Å²) in [5.74, 6) is 2.21. The predicted molar refractivity (Wildman–Crippen MR) is 108 cm³/mol. The van der Waals surface area contributed by atoms with E-state index in [1.807, 2.05) is 31.2 Å². The van der Waals surface area contributed by atoms with Gasteiger partial charge in [-0.2, -0.15) is 0 Å². The molecule has 2 aliphatic heterocycles. The minimum absolute atomic E-state index is 0.0303. The van der Waals surface area contributed by atoms with Crippen LogP contribution in [0, 0.1) is 6.92 Å². The molecule has 5 nitrogen and oxygen atoms in total. The van der Waals surface area contributed by atoms with E-state index in [0.717, 1.165) is 56.0 Å². The number of furan rings is 1. The molecular formula is C23H30N2O3. The van der Waals surface area contributed by atoms with Crippen molar-refractivity contribution in [2.24, 2.45) is 0 Å². The zero-order valence-electron chi connectivity index (χ0n) is 16.9. The number of amides is 1. The van der Waals surface area contributed by atoms with Gasteiger partial charge in [-0.05, 0) is 43.9 Å². The zero-order chi connectivity index (χ0) is 19.6. The summed E-state index contributed by atoms with van der Waals surface area (Å²) in [5, 5.41) is 0. The molecular weight excluding hydrogens is 352 g/mol. The second-order valence-electron chi connectivity index (χ2n) is 8.16. The van der Waals surface area contributed by atoms with Gasteiger partial charge in [0.05, 0.1) is 19.1 Å². The van der Waals surface area contributed by atoms with Crippen LogP contribution in [0.15, 0.2) is 46.9 Å². The number of carbonyl (C=O) groups is 1. The van der Waals surface area contributed by atoms with Crippen molar-refractivity contribution in [2.45, 2.75) is 44.2 Å². The summed E-state index contributed by atoms with van der Waals surface area (Å²) in [7, 11) is 1.70. The van der Waals surface area contributed by atoms with Gasteiger partial charge in [0.2, 0.25) is 5.91 Å². The normalized spacial score (nSPS) is 22.3. The number of hydrogen-bond acceptors (Lipinski definition) is 4. The Balaban J connectivity index is 1.49. The molecule has 28 heavy (non-hydrogen) atoms. The van der Waals surface area contributed by atoms with Gasteiger partial charge in [0, 0.05) is 32.3 Å². The van der Waals surface area contributed by atoms with E-state index >= 15 is 0 Å². The van der Waals surface area contributed by atoms with E-state index in [4.69, 9.17) is 9.15 Å². The van der Waals surface area contributed by atoms with Crippen LogP contribution in [0.1, 0.15) is 42.3 Å². The molecule has 1 spiro atoms. The Morgan fingerprint density at radius 3 is 2.54 bits per heavy atom. The molecule has 150 valence electrons. The van der Waals surface area contributed by atoms with Gasteiger partial charge in [0.1, 0.15) is 11.5 Å². The first-order valence-corrected chi connectivity index (χ1v) is 10.2. The van der Waals surface area contributed by atoms with Gasteiger partial charge < -0.3 is 14.1 Å². The third kappa shape index (κ3) is 3.74. The first kappa shape index (κ1) is 19.2. The smallest absolute Gasteiger partial charge is 0.230 e. The summed E-state index contributed by atoms with van der Waals surface area (Å²) >= 11 is 0. The average Bonchev–Trinajstić information content (AvgIpc) is 3.24. The maximum Gasteiger partial charge on any atom is 0.230 e. The number of rotatable bonds is 6. The lowest BCUT2D eigenvalue weighted by molar-refractivity contribution is -0.134. The molecule has 0 radical (unpaired) electrons. The maximum atomic E-state index is 13.3. The molecule has 0 bridgehead atoms. The van der Waals surface area contributed by atoms with E-state index in [2.05, 4.69) is 28.0 Å². The van der Waals surface area contributed by atoms with Crippen LogP contribution in [0.4, 0.5) is 0 Å². The van der Waals surface area contributed by atoms with Crippen molar-refractivity contribution in [3.63, 3.8) is 0 Å². The molecule has 5 heteroatoms. The molecule has 2 aliphatic rings. The summed E-state index contributed by atoms with van der Waals surface area (Å²) < 4.78 is 11.1. The first-order chi connectivity index (χ1) is 13.6.